The predicted molar refractivity (Wildman–Crippen MR) is 104 cm³/mol. The molecule has 1 aromatic heterocycles. The van der Waals surface area contributed by atoms with E-state index < -0.39 is 0 Å². The van der Waals surface area contributed by atoms with Crippen LogP contribution in [0.1, 0.15) is 35.2 Å². The lowest BCUT2D eigenvalue weighted by atomic mass is 9.91. The van der Waals surface area contributed by atoms with Crippen LogP contribution in [0.25, 0.3) is 5.69 Å². The van der Waals surface area contributed by atoms with E-state index in [1.54, 1.807) is 17.0 Å². The minimum Gasteiger partial charge on any atom is -0.507 e. The van der Waals surface area contributed by atoms with E-state index in [9.17, 15) is 14.3 Å². The van der Waals surface area contributed by atoms with Crippen molar-refractivity contribution < 1.29 is 14.3 Å². The molecule has 1 N–H and O–H groups in total. The minimum atomic E-state index is -0.230. The zero-order valence-corrected chi connectivity index (χ0v) is 15.9. The molecule has 3 aromatic rings. The molecule has 7 nitrogen and oxygen atoms in total. The second-order valence-electron chi connectivity index (χ2n) is 7.38. The number of carbonyl (C=O) groups excluding carboxylic acids is 1. The number of amides is 1. The molecule has 1 aliphatic rings. The van der Waals surface area contributed by atoms with Gasteiger partial charge in [-0.05, 0) is 77.9 Å². The molecular formula is C21H22FN5O2. The summed E-state index contributed by atoms with van der Waals surface area (Å²) in [7, 11) is 0. The second-order valence-corrected chi connectivity index (χ2v) is 7.38. The van der Waals surface area contributed by atoms with Crippen LogP contribution in [-0.2, 0) is 6.42 Å². The average molecular weight is 395 g/mol. The Morgan fingerprint density at radius 2 is 2.03 bits per heavy atom. The number of benzene rings is 2. The van der Waals surface area contributed by atoms with Gasteiger partial charge in [-0.2, -0.15) is 0 Å². The van der Waals surface area contributed by atoms with Gasteiger partial charge in [-0.25, -0.2) is 9.07 Å². The fourth-order valence-electron chi connectivity index (χ4n) is 3.79. The molecule has 0 aliphatic carbocycles. The Labute approximate surface area is 167 Å². The number of aromatic hydroxyl groups is 1. The highest BCUT2D eigenvalue weighted by atomic mass is 19.1. The van der Waals surface area contributed by atoms with Crippen molar-refractivity contribution in [2.24, 2.45) is 5.92 Å². The molecule has 8 heteroatoms. The summed E-state index contributed by atoms with van der Waals surface area (Å²) in [5.41, 5.74) is 1.96. The molecule has 1 amide bonds. The Hall–Kier alpha value is -3.29. The first-order valence-corrected chi connectivity index (χ1v) is 9.70. The first-order valence-electron chi connectivity index (χ1n) is 9.70. The van der Waals surface area contributed by atoms with E-state index in [-0.39, 0.29) is 23.0 Å². The average Bonchev–Trinajstić information content (AvgIpc) is 3.28. The van der Waals surface area contributed by atoms with Gasteiger partial charge in [0.1, 0.15) is 17.9 Å². The summed E-state index contributed by atoms with van der Waals surface area (Å²) in [4.78, 5) is 14.9. The molecule has 2 aromatic carbocycles. The standard InChI is InChI=1S/C21H22FN5O2/c22-17-7-5-15(6-8-17)3-4-16-2-1-11-26(13-16)21(29)19-12-18(9-10-20(19)28)27-14-23-24-25-27/h5-10,12,14,16,28H,1-4,11,13H2. The van der Waals surface area contributed by atoms with Crippen molar-refractivity contribution in [3.63, 3.8) is 0 Å². The Kier molecular flexibility index (Phi) is 5.50. The van der Waals surface area contributed by atoms with Crippen molar-refractivity contribution in [1.29, 1.82) is 0 Å². The third-order valence-electron chi connectivity index (χ3n) is 5.38. The number of rotatable bonds is 5. The van der Waals surface area contributed by atoms with Gasteiger partial charge in [0.05, 0.1) is 11.3 Å². The van der Waals surface area contributed by atoms with E-state index >= 15 is 0 Å². The van der Waals surface area contributed by atoms with Crippen molar-refractivity contribution in [3.8, 4) is 11.4 Å². The number of aryl methyl sites for hydroxylation is 1. The molecule has 0 saturated carbocycles. The number of aromatic nitrogens is 4. The molecular weight excluding hydrogens is 373 g/mol. The number of piperidine rings is 1. The molecule has 0 bridgehead atoms. The maximum atomic E-state index is 13.1. The lowest BCUT2D eigenvalue weighted by molar-refractivity contribution is 0.0665. The van der Waals surface area contributed by atoms with Gasteiger partial charge in [-0.1, -0.05) is 12.1 Å². The number of phenols is 1. The SMILES string of the molecule is O=C(c1cc(-n2cnnn2)ccc1O)N1CCCC(CCc2ccc(F)cc2)C1. The van der Waals surface area contributed by atoms with Crippen molar-refractivity contribution in [1.82, 2.24) is 25.1 Å². The van der Waals surface area contributed by atoms with Crippen LogP contribution in [0.4, 0.5) is 4.39 Å². The smallest absolute Gasteiger partial charge is 0.257 e. The number of halogens is 1. The molecule has 1 aliphatic heterocycles. The third kappa shape index (κ3) is 4.42. The fraction of sp³-hybridized carbons (Fsp3) is 0.333. The maximum Gasteiger partial charge on any atom is 0.257 e. The quantitative estimate of drug-likeness (QED) is 0.718. The van der Waals surface area contributed by atoms with Gasteiger partial charge < -0.3 is 10.0 Å². The van der Waals surface area contributed by atoms with E-state index in [4.69, 9.17) is 0 Å². The summed E-state index contributed by atoms with van der Waals surface area (Å²) < 4.78 is 14.5. The number of tetrazole rings is 1. The van der Waals surface area contributed by atoms with Crippen molar-refractivity contribution in [2.75, 3.05) is 13.1 Å². The fourth-order valence-corrected chi connectivity index (χ4v) is 3.79. The summed E-state index contributed by atoms with van der Waals surface area (Å²) in [6.45, 7) is 1.31. The second kappa shape index (κ2) is 8.38. The number of hydrogen-bond acceptors (Lipinski definition) is 5. The van der Waals surface area contributed by atoms with Crippen molar-refractivity contribution in [3.05, 3.63) is 65.7 Å². The van der Waals surface area contributed by atoms with Gasteiger partial charge in [0.15, 0.2) is 0 Å². The summed E-state index contributed by atoms with van der Waals surface area (Å²) >= 11 is 0. The highest BCUT2D eigenvalue weighted by molar-refractivity contribution is 5.97. The van der Waals surface area contributed by atoms with E-state index in [0.717, 1.165) is 31.2 Å². The van der Waals surface area contributed by atoms with Crippen LogP contribution < -0.4 is 0 Å². The van der Waals surface area contributed by atoms with Crippen LogP contribution in [0.5, 0.6) is 5.75 Å². The number of nitrogens with zero attached hydrogens (tertiary/aromatic N) is 5. The molecule has 150 valence electrons. The van der Waals surface area contributed by atoms with Gasteiger partial charge in [0.2, 0.25) is 0 Å². The molecule has 1 atom stereocenters. The lowest BCUT2D eigenvalue weighted by Crippen LogP contribution is -2.40. The van der Waals surface area contributed by atoms with Gasteiger partial charge in [0.25, 0.3) is 5.91 Å². The zero-order valence-electron chi connectivity index (χ0n) is 15.9. The van der Waals surface area contributed by atoms with Crippen LogP contribution in [0.3, 0.4) is 0 Å². The maximum absolute atomic E-state index is 13.1. The third-order valence-corrected chi connectivity index (χ3v) is 5.38. The summed E-state index contributed by atoms with van der Waals surface area (Å²) in [5.74, 6) is -0.0985. The predicted octanol–water partition coefficient (Wildman–Crippen LogP) is 2.99. The first-order chi connectivity index (χ1) is 14.1. The van der Waals surface area contributed by atoms with E-state index in [2.05, 4.69) is 15.5 Å². The van der Waals surface area contributed by atoms with Crippen LogP contribution in [0.2, 0.25) is 0 Å². The Bertz CT molecular complexity index is 975. The Balaban J connectivity index is 1.43. The zero-order chi connectivity index (χ0) is 20.2. The summed E-state index contributed by atoms with van der Waals surface area (Å²) in [6, 6.07) is 11.3. The number of likely N-dealkylation sites (tertiary alicyclic amines) is 1. The molecule has 1 unspecified atom stereocenters. The summed E-state index contributed by atoms with van der Waals surface area (Å²) in [5, 5.41) is 21.3. The van der Waals surface area contributed by atoms with E-state index in [1.165, 1.54) is 29.2 Å². The van der Waals surface area contributed by atoms with Crippen LogP contribution in [-0.4, -0.2) is 49.2 Å². The molecule has 1 saturated heterocycles. The monoisotopic (exact) mass is 395 g/mol. The van der Waals surface area contributed by atoms with Crippen LogP contribution >= 0.6 is 0 Å². The number of phenolic OH excluding ortho intramolecular Hbond substituents is 1. The highest BCUT2D eigenvalue weighted by Crippen LogP contribution is 2.27. The normalized spacial score (nSPS) is 16.7. The highest BCUT2D eigenvalue weighted by Gasteiger charge is 2.26. The molecule has 2 heterocycles. The lowest BCUT2D eigenvalue weighted by Gasteiger charge is -2.33. The van der Waals surface area contributed by atoms with Gasteiger partial charge in [-0.3, -0.25) is 4.79 Å². The van der Waals surface area contributed by atoms with Crippen molar-refractivity contribution >= 4 is 5.91 Å². The molecule has 0 spiro atoms. The Morgan fingerprint density at radius 1 is 1.21 bits per heavy atom. The van der Waals surface area contributed by atoms with Crippen LogP contribution in [0, 0.1) is 11.7 Å². The van der Waals surface area contributed by atoms with Crippen molar-refractivity contribution in [2.45, 2.75) is 25.7 Å². The topological polar surface area (TPSA) is 84.1 Å². The number of carbonyl (C=O) groups is 1. The van der Waals surface area contributed by atoms with E-state index in [0.29, 0.717) is 24.7 Å². The van der Waals surface area contributed by atoms with Gasteiger partial charge >= 0.3 is 0 Å². The number of hydrogen-bond donors (Lipinski definition) is 1. The van der Waals surface area contributed by atoms with E-state index in [1.807, 2.05) is 12.1 Å². The van der Waals surface area contributed by atoms with Gasteiger partial charge in [0, 0.05) is 13.1 Å². The largest absolute Gasteiger partial charge is 0.507 e. The Morgan fingerprint density at radius 3 is 2.79 bits per heavy atom. The summed E-state index contributed by atoms with van der Waals surface area (Å²) in [6.07, 6.45) is 5.21. The molecule has 29 heavy (non-hydrogen) atoms. The molecule has 0 radical (unpaired) electrons. The van der Waals surface area contributed by atoms with Crippen LogP contribution in [0.15, 0.2) is 48.8 Å². The van der Waals surface area contributed by atoms with Gasteiger partial charge in [-0.15, -0.1) is 5.10 Å². The molecule has 1 fully saturated rings. The minimum absolute atomic E-state index is 0.0553. The first kappa shape index (κ1) is 19.0. The molecule has 4 rings (SSSR count).